The Labute approximate surface area is 155 Å². The maximum absolute atomic E-state index is 12.1. The van der Waals surface area contributed by atoms with E-state index in [0.717, 1.165) is 0 Å². The molecule has 3 N–H and O–H groups in total. The van der Waals surface area contributed by atoms with Crippen LogP contribution in [-0.2, 0) is 9.59 Å². The zero-order valence-corrected chi connectivity index (χ0v) is 16.1. The first-order chi connectivity index (χ1) is 12.6. The van der Waals surface area contributed by atoms with Gasteiger partial charge >= 0.3 is 0 Å². The van der Waals surface area contributed by atoms with Crippen LogP contribution in [0.25, 0.3) is 0 Å². The number of carbonyl (C=O) groups excluding carboxylic acids is 2. The molecule has 0 radical (unpaired) electrons. The summed E-state index contributed by atoms with van der Waals surface area (Å²) in [5.74, 6) is -0.898. The molecule has 6 nitrogen and oxygen atoms in total. The summed E-state index contributed by atoms with van der Waals surface area (Å²) in [4.78, 5) is 23.7. The summed E-state index contributed by atoms with van der Waals surface area (Å²) in [6.07, 6.45) is 0. The average molecular weight is 356 g/mol. The summed E-state index contributed by atoms with van der Waals surface area (Å²) in [5.41, 5.74) is 7.30. The zero-order chi connectivity index (χ0) is 19.9. The van der Waals surface area contributed by atoms with E-state index in [1.807, 2.05) is 33.8 Å². The van der Waals surface area contributed by atoms with E-state index in [1.54, 1.807) is 48.5 Å². The highest BCUT2D eigenvalue weighted by Crippen LogP contribution is 2.16. The van der Waals surface area contributed by atoms with Crippen molar-refractivity contribution in [3.8, 4) is 0 Å². The van der Waals surface area contributed by atoms with Gasteiger partial charge in [-0.1, -0.05) is 45.9 Å². The van der Waals surface area contributed by atoms with Gasteiger partial charge in [0.1, 0.15) is 0 Å². The molecule has 0 bridgehead atoms. The van der Waals surface area contributed by atoms with Gasteiger partial charge in [0.15, 0.2) is 5.78 Å². The predicted molar refractivity (Wildman–Crippen MR) is 108 cm³/mol. The first-order valence-corrected chi connectivity index (χ1v) is 8.69. The van der Waals surface area contributed by atoms with Crippen LogP contribution in [0.15, 0.2) is 64.8 Å². The summed E-state index contributed by atoms with van der Waals surface area (Å²) in [6, 6.07) is 14.3. The highest BCUT2D eigenvalue weighted by Gasteiger charge is 2.23. The van der Waals surface area contributed by atoms with Crippen molar-refractivity contribution in [3.05, 3.63) is 54.6 Å². The fourth-order valence-corrected chi connectivity index (χ4v) is 1.72. The molecule has 2 aromatic carbocycles. The number of carbonyl (C=O) groups is 2. The summed E-state index contributed by atoms with van der Waals surface area (Å²) >= 11 is 0. The number of hydrogen-bond donors (Lipinski definition) is 2. The Morgan fingerprint density at radius 1 is 0.923 bits per heavy atom. The summed E-state index contributed by atoms with van der Waals surface area (Å²) in [6.45, 7) is 9.30. The van der Waals surface area contributed by atoms with Crippen molar-refractivity contribution in [1.82, 2.24) is 0 Å². The number of ketones is 1. The Balaban J connectivity index is 0.00000146. The van der Waals surface area contributed by atoms with Crippen molar-refractivity contribution >= 4 is 28.8 Å². The molecular weight excluding hydrogens is 328 g/mol. The van der Waals surface area contributed by atoms with Crippen molar-refractivity contribution in [3.63, 3.8) is 0 Å². The minimum atomic E-state index is -1.18. The zero-order valence-electron chi connectivity index (χ0n) is 16.1. The van der Waals surface area contributed by atoms with Crippen LogP contribution < -0.4 is 11.1 Å². The summed E-state index contributed by atoms with van der Waals surface area (Å²) in [5, 5.41) is 10.4. The van der Waals surface area contributed by atoms with E-state index in [2.05, 4.69) is 15.5 Å². The molecule has 0 saturated heterocycles. The molecule has 1 unspecified atom stereocenters. The van der Waals surface area contributed by atoms with Crippen LogP contribution >= 0.6 is 0 Å². The molecular formula is C20H28N4O2. The molecule has 2 aromatic rings. The SMILES string of the molecule is CC.CC.CC(=O)C(N=Nc1ccc(N)cc1)C(=O)Nc1ccccc1. The lowest BCUT2D eigenvalue weighted by Crippen LogP contribution is -2.31. The normalized spacial score (nSPS) is 10.7. The number of para-hydroxylation sites is 1. The van der Waals surface area contributed by atoms with Crippen LogP contribution in [0.4, 0.5) is 17.1 Å². The van der Waals surface area contributed by atoms with E-state index >= 15 is 0 Å². The number of nitrogens with zero attached hydrogens (tertiary/aromatic N) is 2. The molecule has 0 spiro atoms. The number of nitrogens with two attached hydrogens (primary N) is 1. The van der Waals surface area contributed by atoms with Crippen molar-refractivity contribution in [2.24, 2.45) is 10.2 Å². The Morgan fingerprint density at radius 2 is 1.46 bits per heavy atom. The number of amides is 1. The number of anilines is 2. The van der Waals surface area contributed by atoms with Crippen LogP contribution in [0.5, 0.6) is 0 Å². The molecule has 6 heteroatoms. The molecule has 0 aliphatic heterocycles. The third kappa shape index (κ3) is 8.19. The molecule has 2 rings (SSSR count). The highest BCUT2D eigenvalue weighted by molar-refractivity contribution is 6.10. The third-order valence-corrected chi connectivity index (χ3v) is 2.86. The first kappa shape index (κ1) is 23.0. The lowest BCUT2D eigenvalue weighted by molar-refractivity contribution is -0.126. The molecule has 0 aromatic heterocycles. The predicted octanol–water partition coefficient (Wildman–Crippen LogP) is 5.00. The molecule has 1 amide bonds. The van der Waals surface area contributed by atoms with Gasteiger partial charge in [-0.3, -0.25) is 9.59 Å². The van der Waals surface area contributed by atoms with Gasteiger partial charge < -0.3 is 11.1 Å². The quantitative estimate of drug-likeness (QED) is 0.448. The second kappa shape index (κ2) is 13.3. The molecule has 0 aliphatic rings. The van der Waals surface area contributed by atoms with Crippen molar-refractivity contribution in [1.29, 1.82) is 0 Å². The average Bonchev–Trinajstić information content (AvgIpc) is 2.67. The number of rotatable bonds is 5. The highest BCUT2D eigenvalue weighted by atomic mass is 16.2. The van der Waals surface area contributed by atoms with Gasteiger partial charge in [-0.05, 0) is 43.3 Å². The van der Waals surface area contributed by atoms with E-state index in [4.69, 9.17) is 5.73 Å². The maximum Gasteiger partial charge on any atom is 0.258 e. The van der Waals surface area contributed by atoms with Crippen LogP contribution in [0.1, 0.15) is 34.6 Å². The number of Topliss-reactive ketones (excluding diaryl/α,β-unsaturated/α-hetero) is 1. The molecule has 0 fully saturated rings. The fraction of sp³-hybridized carbons (Fsp3) is 0.300. The van der Waals surface area contributed by atoms with Gasteiger partial charge in [-0.25, -0.2) is 0 Å². The van der Waals surface area contributed by atoms with Gasteiger partial charge in [-0.15, -0.1) is 0 Å². The second-order valence-electron chi connectivity index (χ2n) is 4.68. The van der Waals surface area contributed by atoms with Crippen LogP contribution in [0, 0.1) is 0 Å². The number of hydrogen-bond acceptors (Lipinski definition) is 5. The number of nitrogens with one attached hydrogen (secondary N) is 1. The topological polar surface area (TPSA) is 96.9 Å². The summed E-state index contributed by atoms with van der Waals surface area (Å²) in [7, 11) is 0. The molecule has 140 valence electrons. The van der Waals surface area contributed by atoms with Crippen LogP contribution in [-0.4, -0.2) is 17.7 Å². The van der Waals surface area contributed by atoms with Crippen molar-refractivity contribution < 1.29 is 9.59 Å². The van der Waals surface area contributed by atoms with Crippen molar-refractivity contribution in [2.45, 2.75) is 40.7 Å². The Morgan fingerprint density at radius 3 is 1.96 bits per heavy atom. The fourth-order valence-electron chi connectivity index (χ4n) is 1.72. The third-order valence-electron chi connectivity index (χ3n) is 2.86. The molecule has 1 atom stereocenters. The Kier molecular flexibility index (Phi) is 11.7. The molecule has 0 aliphatic carbocycles. The number of nitrogen functional groups attached to an aromatic ring is 1. The second-order valence-corrected chi connectivity index (χ2v) is 4.68. The van der Waals surface area contributed by atoms with E-state index in [0.29, 0.717) is 17.1 Å². The first-order valence-electron chi connectivity index (χ1n) is 8.69. The lowest BCUT2D eigenvalue weighted by Gasteiger charge is -2.09. The standard InChI is InChI=1S/C16H16N4O2.2C2H6/c1-11(21)15(16(22)18-13-5-3-2-4-6-13)20-19-14-9-7-12(17)8-10-14;2*1-2/h2-10,15H,17H2,1H3,(H,18,22);2*1-2H3. The Bertz CT molecular complexity index is 683. The van der Waals surface area contributed by atoms with Gasteiger partial charge in [-0.2, -0.15) is 10.2 Å². The van der Waals surface area contributed by atoms with Gasteiger partial charge in [0.25, 0.3) is 5.91 Å². The van der Waals surface area contributed by atoms with E-state index < -0.39 is 11.9 Å². The smallest absolute Gasteiger partial charge is 0.258 e. The largest absolute Gasteiger partial charge is 0.399 e. The van der Waals surface area contributed by atoms with Crippen molar-refractivity contribution in [2.75, 3.05) is 11.1 Å². The van der Waals surface area contributed by atoms with Gasteiger partial charge in [0.2, 0.25) is 6.04 Å². The van der Waals surface area contributed by atoms with Gasteiger partial charge in [0.05, 0.1) is 5.69 Å². The lowest BCUT2D eigenvalue weighted by atomic mass is 10.2. The van der Waals surface area contributed by atoms with E-state index in [1.165, 1.54) is 6.92 Å². The number of azo groups is 1. The Hall–Kier alpha value is -3.02. The minimum Gasteiger partial charge on any atom is -0.399 e. The molecule has 0 heterocycles. The monoisotopic (exact) mass is 356 g/mol. The summed E-state index contributed by atoms with van der Waals surface area (Å²) < 4.78 is 0. The van der Waals surface area contributed by atoms with E-state index in [-0.39, 0.29) is 5.78 Å². The van der Waals surface area contributed by atoms with Gasteiger partial charge in [0, 0.05) is 11.4 Å². The minimum absolute atomic E-state index is 0.382. The van der Waals surface area contributed by atoms with E-state index in [9.17, 15) is 9.59 Å². The maximum atomic E-state index is 12.1. The molecule has 0 saturated carbocycles. The van der Waals surface area contributed by atoms with Crippen LogP contribution in [0.2, 0.25) is 0 Å². The van der Waals surface area contributed by atoms with Crippen LogP contribution in [0.3, 0.4) is 0 Å². The number of benzene rings is 2. The molecule has 26 heavy (non-hydrogen) atoms.